The molecule has 2 N–H and O–H groups in total. The van der Waals surface area contributed by atoms with E-state index in [2.05, 4.69) is 5.32 Å². The second kappa shape index (κ2) is 9.31. The van der Waals surface area contributed by atoms with Gasteiger partial charge in [-0.3, -0.25) is 4.79 Å². The van der Waals surface area contributed by atoms with Gasteiger partial charge in [0.2, 0.25) is 10.0 Å². The Hall–Kier alpha value is -1.23. The molecule has 8 nitrogen and oxygen atoms in total. The number of ether oxygens (including phenoxy) is 2. The summed E-state index contributed by atoms with van der Waals surface area (Å²) in [5, 5.41) is 2.96. The number of carbonyl (C=O) groups excluding carboxylic acids is 1. The molecular formula is C17H25ClN3O5S+. The largest absolute Gasteiger partial charge is 0.379 e. The molecule has 0 saturated carbocycles. The summed E-state index contributed by atoms with van der Waals surface area (Å²) in [7, 11) is -3.76. The molecule has 150 valence electrons. The Morgan fingerprint density at radius 2 is 1.81 bits per heavy atom. The molecule has 1 amide bonds. The van der Waals surface area contributed by atoms with E-state index in [1.807, 2.05) is 0 Å². The van der Waals surface area contributed by atoms with E-state index < -0.39 is 10.0 Å². The Labute approximate surface area is 164 Å². The van der Waals surface area contributed by atoms with Crippen molar-refractivity contribution in [3.05, 3.63) is 28.8 Å². The smallest absolute Gasteiger partial charge is 0.251 e. The van der Waals surface area contributed by atoms with Gasteiger partial charge in [-0.2, -0.15) is 4.31 Å². The number of carbonyl (C=O) groups is 1. The van der Waals surface area contributed by atoms with Crippen molar-refractivity contribution in [1.82, 2.24) is 9.62 Å². The lowest BCUT2D eigenvalue weighted by Gasteiger charge is -2.26. The summed E-state index contributed by atoms with van der Waals surface area (Å²) in [5.74, 6) is -0.308. The highest BCUT2D eigenvalue weighted by Gasteiger charge is 2.29. The molecule has 0 spiro atoms. The number of hydrogen-bond acceptors (Lipinski definition) is 5. The molecule has 2 fully saturated rings. The molecule has 1 aromatic carbocycles. The number of nitrogens with zero attached hydrogens (tertiary/aromatic N) is 1. The lowest BCUT2D eigenvalue weighted by molar-refractivity contribution is -0.906. The number of halogens is 1. The summed E-state index contributed by atoms with van der Waals surface area (Å²) in [6.07, 6.45) is 0. The predicted octanol–water partition coefficient (Wildman–Crippen LogP) is -0.994. The number of amides is 1. The lowest BCUT2D eigenvalue weighted by Crippen LogP contribution is -3.14. The number of morpholine rings is 2. The summed E-state index contributed by atoms with van der Waals surface area (Å²) < 4.78 is 37.5. The molecule has 27 heavy (non-hydrogen) atoms. The third-order valence-electron chi connectivity index (χ3n) is 4.75. The summed E-state index contributed by atoms with van der Waals surface area (Å²) in [4.78, 5) is 13.8. The fourth-order valence-corrected chi connectivity index (χ4v) is 5.04. The summed E-state index contributed by atoms with van der Waals surface area (Å²) in [6, 6.07) is 4.35. The van der Waals surface area contributed by atoms with Crippen LogP contribution in [0, 0.1) is 0 Å². The third-order valence-corrected chi connectivity index (χ3v) is 7.13. The monoisotopic (exact) mass is 418 g/mol. The maximum atomic E-state index is 12.8. The van der Waals surface area contributed by atoms with Gasteiger partial charge in [0, 0.05) is 18.7 Å². The highest BCUT2D eigenvalue weighted by atomic mass is 35.5. The second-order valence-corrected chi connectivity index (χ2v) is 8.84. The minimum Gasteiger partial charge on any atom is -0.379 e. The van der Waals surface area contributed by atoms with E-state index in [9.17, 15) is 13.2 Å². The lowest BCUT2D eigenvalue weighted by atomic mass is 10.2. The molecule has 2 aliphatic rings. The summed E-state index contributed by atoms with van der Waals surface area (Å²) >= 11 is 6.13. The maximum Gasteiger partial charge on any atom is 0.251 e. The standard InChI is InChI=1S/C17H24ClN3O5S/c18-15-2-1-14(17(22)19-3-4-20-5-9-25-10-6-20)13-16(15)27(23,24)21-7-11-26-12-8-21/h1-2,13H,3-12H2,(H,19,22)/p+1. The van der Waals surface area contributed by atoms with Gasteiger partial charge in [-0.25, -0.2) is 8.42 Å². The van der Waals surface area contributed by atoms with E-state index in [0.29, 0.717) is 19.8 Å². The van der Waals surface area contributed by atoms with E-state index in [-0.39, 0.29) is 34.5 Å². The SMILES string of the molecule is O=C(NCC[NH+]1CCOCC1)c1ccc(Cl)c(S(=O)(=O)N2CCOCC2)c1. The van der Waals surface area contributed by atoms with E-state index in [1.54, 1.807) is 0 Å². The van der Waals surface area contributed by atoms with Crippen LogP contribution in [-0.4, -0.2) is 84.3 Å². The topological polar surface area (TPSA) is 89.4 Å². The normalized spacial score (nSPS) is 19.7. The first kappa shape index (κ1) is 20.5. The van der Waals surface area contributed by atoms with Crippen LogP contribution in [0.1, 0.15) is 10.4 Å². The van der Waals surface area contributed by atoms with Crippen LogP contribution in [0.15, 0.2) is 23.1 Å². The quantitative estimate of drug-likeness (QED) is 0.619. The van der Waals surface area contributed by atoms with Gasteiger partial charge >= 0.3 is 0 Å². The predicted molar refractivity (Wildman–Crippen MR) is 99.7 cm³/mol. The van der Waals surface area contributed by atoms with Crippen LogP contribution < -0.4 is 10.2 Å². The fourth-order valence-electron chi connectivity index (χ4n) is 3.13. The van der Waals surface area contributed by atoms with Crippen LogP contribution in [0.5, 0.6) is 0 Å². The van der Waals surface area contributed by atoms with Gasteiger partial charge in [-0.05, 0) is 18.2 Å². The van der Waals surface area contributed by atoms with E-state index in [0.717, 1.165) is 32.8 Å². The van der Waals surface area contributed by atoms with Crippen LogP contribution in [0.4, 0.5) is 0 Å². The molecule has 0 unspecified atom stereocenters. The molecule has 2 saturated heterocycles. The Kier molecular flexibility index (Phi) is 7.07. The van der Waals surface area contributed by atoms with Crippen molar-refractivity contribution in [2.45, 2.75) is 4.90 Å². The first-order valence-corrected chi connectivity index (χ1v) is 10.9. The average Bonchev–Trinajstić information content (AvgIpc) is 2.69. The molecule has 0 atom stereocenters. The number of benzene rings is 1. The van der Waals surface area contributed by atoms with Crippen molar-refractivity contribution in [2.24, 2.45) is 0 Å². The molecule has 10 heteroatoms. The van der Waals surface area contributed by atoms with Crippen LogP contribution in [0.25, 0.3) is 0 Å². The zero-order chi connectivity index (χ0) is 19.3. The molecule has 0 aliphatic carbocycles. The van der Waals surface area contributed by atoms with Crippen LogP contribution in [0.3, 0.4) is 0 Å². The molecule has 0 radical (unpaired) electrons. The highest BCUT2D eigenvalue weighted by Crippen LogP contribution is 2.26. The van der Waals surface area contributed by atoms with Gasteiger partial charge < -0.3 is 19.7 Å². The van der Waals surface area contributed by atoms with Crippen molar-refractivity contribution < 1.29 is 27.6 Å². The second-order valence-electron chi connectivity index (χ2n) is 6.53. The minimum absolute atomic E-state index is 0.0440. The molecule has 0 bridgehead atoms. The van der Waals surface area contributed by atoms with Gasteiger partial charge in [-0.15, -0.1) is 0 Å². The van der Waals surface area contributed by atoms with E-state index >= 15 is 0 Å². The van der Waals surface area contributed by atoms with Crippen LogP contribution in [0.2, 0.25) is 5.02 Å². The molecule has 0 aromatic heterocycles. The number of rotatable bonds is 6. The van der Waals surface area contributed by atoms with Gasteiger partial charge in [-0.1, -0.05) is 11.6 Å². The van der Waals surface area contributed by atoms with E-state index in [1.165, 1.54) is 27.4 Å². The Bertz CT molecular complexity index is 762. The van der Waals surface area contributed by atoms with Crippen molar-refractivity contribution in [2.75, 3.05) is 65.7 Å². The van der Waals surface area contributed by atoms with Crippen LogP contribution >= 0.6 is 11.6 Å². The van der Waals surface area contributed by atoms with E-state index in [4.69, 9.17) is 21.1 Å². The fraction of sp³-hybridized carbons (Fsp3) is 0.588. The van der Waals surface area contributed by atoms with Crippen molar-refractivity contribution in [3.63, 3.8) is 0 Å². The summed E-state index contributed by atoms with van der Waals surface area (Å²) in [5.41, 5.74) is 0.281. The zero-order valence-corrected chi connectivity index (χ0v) is 16.7. The number of nitrogens with one attached hydrogen (secondary N) is 2. The first-order valence-electron chi connectivity index (χ1n) is 9.05. The number of hydrogen-bond donors (Lipinski definition) is 2. The summed E-state index contributed by atoms with van der Waals surface area (Å²) in [6.45, 7) is 5.91. The first-order chi connectivity index (χ1) is 13.0. The molecule has 3 rings (SSSR count). The zero-order valence-electron chi connectivity index (χ0n) is 15.1. The Morgan fingerprint density at radius 3 is 2.52 bits per heavy atom. The Balaban J connectivity index is 1.65. The van der Waals surface area contributed by atoms with Gasteiger partial charge in [0.05, 0.1) is 44.5 Å². The molecule has 2 heterocycles. The van der Waals surface area contributed by atoms with Crippen molar-refractivity contribution in [3.8, 4) is 0 Å². The minimum atomic E-state index is -3.76. The van der Waals surface area contributed by atoms with Gasteiger partial charge in [0.25, 0.3) is 5.91 Å². The molecule has 2 aliphatic heterocycles. The highest BCUT2D eigenvalue weighted by molar-refractivity contribution is 7.89. The third kappa shape index (κ3) is 5.18. The Morgan fingerprint density at radius 1 is 1.15 bits per heavy atom. The van der Waals surface area contributed by atoms with Crippen LogP contribution in [-0.2, 0) is 19.5 Å². The number of sulfonamides is 1. The van der Waals surface area contributed by atoms with Crippen molar-refractivity contribution >= 4 is 27.5 Å². The van der Waals surface area contributed by atoms with Gasteiger partial charge in [0.1, 0.15) is 18.0 Å². The van der Waals surface area contributed by atoms with Gasteiger partial charge in [0.15, 0.2) is 0 Å². The maximum absolute atomic E-state index is 12.8. The molecular weight excluding hydrogens is 394 g/mol. The number of quaternary nitrogens is 1. The molecule has 1 aromatic rings. The van der Waals surface area contributed by atoms with Crippen molar-refractivity contribution in [1.29, 1.82) is 0 Å². The average molecular weight is 419 g/mol.